The maximum atomic E-state index is 10.5. The van der Waals surface area contributed by atoms with Gasteiger partial charge in [-0.2, -0.15) is 0 Å². The average Bonchev–Trinajstić information content (AvgIpc) is 2.51. The van der Waals surface area contributed by atoms with E-state index in [4.69, 9.17) is 10.8 Å². The van der Waals surface area contributed by atoms with Crippen LogP contribution < -0.4 is 5.73 Å². The summed E-state index contributed by atoms with van der Waals surface area (Å²) >= 11 is 1.18. The highest BCUT2D eigenvalue weighted by Gasteiger charge is 2.09. The Kier molecular flexibility index (Phi) is 2.62. The summed E-state index contributed by atoms with van der Waals surface area (Å²) in [6.07, 6.45) is 1.58. The van der Waals surface area contributed by atoms with Crippen molar-refractivity contribution in [1.29, 1.82) is 0 Å². The number of aromatic carboxylic acids is 1. The molecular formula is C8H9NO2S. The lowest BCUT2D eigenvalue weighted by molar-refractivity contribution is 0.0702. The van der Waals surface area contributed by atoms with E-state index in [1.807, 2.05) is 0 Å². The summed E-state index contributed by atoms with van der Waals surface area (Å²) in [6, 6.07) is 3.00. The molecule has 0 saturated heterocycles. The molecule has 0 fully saturated rings. The van der Waals surface area contributed by atoms with Gasteiger partial charge in [0.1, 0.15) is 4.88 Å². The molecule has 0 radical (unpaired) electrons. The number of thiophene rings is 1. The fourth-order valence-electron chi connectivity index (χ4n) is 0.763. The maximum absolute atomic E-state index is 10.5. The summed E-state index contributed by atoms with van der Waals surface area (Å²) in [5.41, 5.74) is 5.61. The molecule has 3 nitrogen and oxygen atoms in total. The molecule has 0 aliphatic carbocycles. The van der Waals surface area contributed by atoms with Gasteiger partial charge in [-0.15, -0.1) is 17.9 Å². The maximum Gasteiger partial charge on any atom is 0.345 e. The third-order valence-electron chi connectivity index (χ3n) is 1.42. The van der Waals surface area contributed by atoms with Crippen LogP contribution in [0.1, 0.15) is 20.6 Å². The summed E-state index contributed by atoms with van der Waals surface area (Å²) in [7, 11) is 0. The van der Waals surface area contributed by atoms with Crippen LogP contribution in [0, 0.1) is 0 Å². The number of rotatable bonds is 3. The van der Waals surface area contributed by atoms with Gasteiger partial charge in [0.2, 0.25) is 0 Å². The molecule has 0 spiro atoms. The van der Waals surface area contributed by atoms with Crippen molar-refractivity contribution >= 4 is 17.3 Å². The molecule has 1 rings (SSSR count). The molecule has 1 atom stereocenters. The van der Waals surface area contributed by atoms with E-state index in [0.29, 0.717) is 4.88 Å². The third-order valence-corrected chi connectivity index (χ3v) is 2.59. The molecule has 0 amide bonds. The van der Waals surface area contributed by atoms with E-state index in [0.717, 1.165) is 4.88 Å². The molecule has 0 saturated carbocycles. The fourth-order valence-corrected chi connectivity index (χ4v) is 1.61. The van der Waals surface area contributed by atoms with Crippen molar-refractivity contribution in [3.8, 4) is 0 Å². The second-order valence-corrected chi connectivity index (χ2v) is 3.38. The van der Waals surface area contributed by atoms with Crippen LogP contribution in [0.25, 0.3) is 0 Å². The second-order valence-electron chi connectivity index (χ2n) is 2.27. The lowest BCUT2D eigenvalue weighted by atomic mass is 10.2. The van der Waals surface area contributed by atoms with Gasteiger partial charge in [0, 0.05) is 4.88 Å². The number of carbonyl (C=O) groups is 1. The highest BCUT2D eigenvalue weighted by molar-refractivity contribution is 7.14. The Bertz CT molecular complexity index is 306. The van der Waals surface area contributed by atoms with E-state index in [1.54, 1.807) is 18.2 Å². The smallest absolute Gasteiger partial charge is 0.345 e. The minimum absolute atomic E-state index is 0.261. The molecule has 0 aliphatic heterocycles. The van der Waals surface area contributed by atoms with Gasteiger partial charge in [-0.3, -0.25) is 0 Å². The quantitative estimate of drug-likeness (QED) is 0.700. The summed E-state index contributed by atoms with van der Waals surface area (Å²) in [6.45, 7) is 3.53. The zero-order valence-corrected chi connectivity index (χ0v) is 7.17. The Morgan fingerprint density at radius 3 is 2.83 bits per heavy atom. The van der Waals surface area contributed by atoms with Gasteiger partial charge in [-0.1, -0.05) is 6.08 Å². The molecular weight excluding hydrogens is 174 g/mol. The lowest BCUT2D eigenvalue weighted by Crippen LogP contribution is -2.03. The first-order valence-corrected chi connectivity index (χ1v) is 4.18. The predicted octanol–water partition coefficient (Wildman–Crippen LogP) is 1.63. The minimum atomic E-state index is -0.914. The molecule has 3 N–H and O–H groups in total. The van der Waals surface area contributed by atoms with Gasteiger partial charge in [-0.05, 0) is 12.1 Å². The summed E-state index contributed by atoms with van der Waals surface area (Å²) < 4.78 is 0. The van der Waals surface area contributed by atoms with Crippen LogP contribution in [-0.4, -0.2) is 11.1 Å². The molecule has 0 aromatic carbocycles. The van der Waals surface area contributed by atoms with Crippen molar-refractivity contribution in [2.75, 3.05) is 0 Å². The zero-order chi connectivity index (χ0) is 9.14. The topological polar surface area (TPSA) is 63.3 Å². The van der Waals surface area contributed by atoms with Crippen LogP contribution in [0.4, 0.5) is 0 Å². The van der Waals surface area contributed by atoms with Crippen molar-refractivity contribution in [2.45, 2.75) is 6.04 Å². The van der Waals surface area contributed by atoms with E-state index >= 15 is 0 Å². The Labute approximate surface area is 74.1 Å². The van der Waals surface area contributed by atoms with Crippen LogP contribution in [0.15, 0.2) is 24.8 Å². The van der Waals surface area contributed by atoms with Gasteiger partial charge < -0.3 is 10.8 Å². The van der Waals surface area contributed by atoms with Crippen molar-refractivity contribution in [3.63, 3.8) is 0 Å². The SMILES string of the molecule is C=C[C@@H](N)c1ccc(C(=O)O)s1. The van der Waals surface area contributed by atoms with Crippen molar-refractivity contribution in [1.82, 2.24) is 0 Å². The van der Waals surface area contributed by atoms with E-state index < -0.39 is 5.97 Å². The Hall–Kier alpha value is -1.13. The Morgan fingerprint density at radius 2 is 2.42 bits per heavy atom. The summed E-state index contributed by atoms with van der Waals surface area (Å²) in [5.74, 6) is -0.914. The van der Waals surface area contributed by atoms with Crippen LogP contribution in [0.2, 0.25) is 0 Å². The molecule has 1 heterocycles. The number of carboxylic acid groups (broad SMARTS) is 1. The van der Waals surface area contributed by atoms with Crippen molar-refractivity contribution in [2.24, 2.45) is 5.73 Å². The first-order chi connectivity index (χ1) is 5.65. The Morgan fingerprint density at radius 1 is 1.75 bits per heavy atom. The molecule has 0 unspecified atom stereocenters. The summed E-state index contributed by atoms with van der Waals surface area (Å²) in [4.78, 5) is 11.6. The number of hydrogen-bond donors (Lipinski definition) is 2. The van der Waals surface area contributed by atoms with E-state index in [2.05, 4.69) is 6.58 Å². The van der Waals surface area contributed by atoms with Gasteiger partial charge >= 0.3 is 5.97 Å². The monoisotopic (exact) mass is 183 g/mol. The van der Waals surface area contributed by atoms with Gasteiger partial charge in [0.05, 0.1) is 6.04 Å². The molecule has 12 heavy (non-hydrogen) atoms. The lowest BCUT2D eigenvalue weighted by Gasteiger charge is -1.99. The number of nitrogens with two attached hydrogens (primary N) is 1. The molecule has 0 aliphatic rings. The molecule has 1 aromatic rings. The standard InChI is InChI=1S/C8H9NO2S/c1-2-5(9)6-3-4-7(12-6)8(10)11/h2-5H,1,9H2,(H,10,11)/t5-/m1/s1. The van der Waals surface area contributed by atoms with Crippen LogP contribution >= 0.6 is 11.3 Å². The van der Waals surface area contributed by atoms with Gasteiger partial charge in [0.25, 0.3) is 0 Å². The highest BCUT2D eigenvalue weighted by Crippen LogP contribution is 2.22. The second kappa shape index (κ2) is 3.51. The molecule has 4 heteroatoms. The normalized spacial score (nSPS) is 12.4. The fraction of sp³-hybridized carbons (Fsp3) is 0.125. The van der Waals surface area contributed by atoms with E-state index in [-0.39, 0.29) is 6.04 Å². The number of carboxylic acids is 1. The largest absolute Gasteiger partial charge is 0.477 e. The molecule has 64 valence electrons. The predicted molar refractivity (Wildman–Crippen MR) is 48.4 cm³/mol. The van der Waals surface area contributed by atoms with E-state index in [1.165, 1.54) is 11.3 Å². The van der Waals surface area contributed by atoms with Crippen LogP contribution in [0.3, 0.4) is 0 Å². The van der Waals surface area contributed by atoms with Crippen molar-refractivity contribution in [3.05, 3.63) is 34.5 Å². The first kappa shape index (κ1) is 8.96. The average molecular weight is 183 g/mol. The van der Waals surface area contributed by atoms with Crippen LogP contribution in [-0.2, 0) is 0 Å². The summed E-state index contributed by atoms with van der Waals surface area (Å²) in [5, 5.41) is 8.60. The van der Waals surface area contributed by atoms with Gasteiger partial charge in [-0.25, -0.2) is 4.79 Å². The third kappa shape index (κ3) is 1.72. The van der Waals surface area contributed by atoms with Crippen molar-refractivity contribution < 1.29 is 9.90 Å². The molecule has 1 aromatic heterocycles. The first-order valence-electron chi connectivity index (χ1n) is 3.36. The molecule has 0 bridgehead atoms. The number of hydrogen-bond acceptors (Lipinski definition) is 3. The van der Waals surface area contributed by atoms with Gasteiger partial charge in [0.15, 0.2) is 0 Å². The zero-order valence-electron chi connectivity index (χ0n) is 6.36. The van der Waals surface area contributed by atoms with E-state index in [9.17, 15) is 4.79 Å². The minimum Gasteiger partial charge on any atom is -0.477 e. The van der Waals surface area contributed by atoms with Crippen LogP contribution in [0.5, 0.6) is 0 Å². The Balaban J connectivity index is 2.91. The highest BCUT2D eigenvalue weighted by atomic mass is 32.1.